The summed E-state index contributed by atoms with van der Waals surface area (Å²) in [4.78, 5) is 10.1. The number of aromatic nitrogens is 4. The summed E-state index contributed by atoms with van der Waals surface area (Å²) >= 11 is 0. The monoisotopic (exact) mass is 1080 g/mol. The third-order valence-electron chi connectivity index (χ3n) is 13.0. The van der Waals surface area contributed by atoms with Crippen molar-refractivity contribution in [2.75, 3.05) is 0 Å². The second kappa shape index (κ2) is 19.0. The van der Waals surface area contributed by atoms with Gasteiger partial charge in [-0.3, -0.25) is 4.98 Å². The molecule has 4 heterocycles. The molecule has 0 saturated heterocycles. The van der Waals surface area contributed by atoms with E-state index in [0.29, 0.717) is 17.8 Å². The molecule has 0 spiro atoms. The van der Waals surface area contributed by atoms with Crippen molar-refractivity contribution in [2.24, 2.45) is 5.92 Å². The van der Waals surface area contributed by atoms with Gasteiger partial charge in [-0.2, -0.15) is 0 Å². The van der Waals surface area contributed by atoms with Crippen LogP contribution in [0.3, 0.4) is 0 Å². The van der Waals surface area contributed by atoms with E-state index in [0.717, 1.165) is 73.2 Å². The average molecular weight is 1080 g/mol. The number of pyridine rings is 1. The molecule has 0 N–H and O–H groups in total. The van der Waals surface area contributed by atoms with Crippen molar-refractivity contribution in [2.45, 2.75) is 79.4 Å². The fourth-order valence-electron chi connectivity index (χ4n) is 9.90. The Morgan fingerprint density at radius 1 is 0.618 bits per heavy atom. The van der Waals surface area contributed by atoms with E-state index >= 15 is 0 Å². The molecule has 7 aromatic carbocycles. The van der Waals surface area contributed by atoms with Crippen molar-refractivity contribution in [1.29, 1.82) is 0 Å². The molecule has 11 aromatic rings. The molecule has 0 amide bonds. The molecule has 7 heteroatoms. The van der Waals surface area contributed by atoms with E-state index < -0.39 is 8.07 Å². The first-order chi connectivity index (χ1) is 32.4. The number of hydrogen-bond acceptors (Lipinski definition) is 3. The van der Waals surface area contributed by atoms with Crippen molar-refractivity contribution >= 4 is 68.0 Å². The van der Waals surface area contributed by atoms with Gasteiger partial charge in [0.05, 0.1) is 30.5 Å². The topological polar surface area (TPSA) is 48.8 Å². The fourth-order valence-corrected chi connectivity index (χ4v) is 11.5. The van der Waals surface area contributed by atoms with Crippen LogP contribution in [0.2, 0.25) is 19.6 Å². The van der Waals surface area contributed by atoms with Crippen molar-refractivity contribution in [1.82, 2.24) is 19.1 Å². The smallest absolute Gasteiger partial charge is 0.120 e. The number of fused-ring (bicyclic) bond motifs is 7. The summed E-state index contributed by atoms with van der Waals surface area (Å²) in [6, 6.07) is 60.4. The number of rotatable bonds is 9. The van der Waals surface area contributed by atoms with E-state index in [1.165, 1.54) is 43.9 Å². The third-order valence-corrected chi connectivity index (χ3v) is 15.1. The molecular formula is C61H58IrN4OSi-2. The van der Waals surface area contributed by atoms with Crippen LogP contribution in [0.15, 0.2) is 162 Å². The number of hydrogen-bond donors (Lipinski definition) is 0. The molecule has 5 nitrogen and oxygen atoms in total. The first-order valence-electron chi connectivity index (χ1n) is 23.8. The van der Waals surface area contributed by atoms with Gasteiger partial charge in [0.2, 0.25) is 0 Å². The summed E-state index contributed by atoms with van der Waals surface area (Å²) in [6.45, 7) is 20.8. The summed E-state index contributed by atoms with van der Waals surface area (Å²) in [6.07, 6.45) is 3.18. The first kappa shape index (κ1) is 46.7. The molecule has 0 unspecified atom stereocenters. The Labute approximate surface area is 415 Å². The van der Waals surface area contributed by atoms with Crippen LogP contribution in [-0.2, 0) is 26.5 Å². The maximum Gasteiger partial charge on any atom is 0.120 e. The predicted octanol–water partition coefficient (Wildman–Crippen LogP) is 16.0. The molecule has 0 aliphatic heterocycles. The van der Waals surface area contributed by atoms with Gasteiger partial charge in [0.25, 0.3) is 0 Å². The van der Waals surface area contributed by atoms with Gasteiger partial charge >= 0.3 is 0 Å². The molecule has 343 valence electrons. The van der Waals surface area contributed by atoms with Crippen LogP contribution in [0.1, 0.15) is 70.1 Å². The van der Waals surface area contributed by atoms with Gasteiger partial charge in [-0.25, -0.2) is 0 Å². The van der Waals surface area contributed by atoms with E-state index in [1.807, 2.05) is 18.2 Å². The molecule has 0 atom stereocenters. The van der Waals surface area contributed by atoms with Crippen molar-refractivity contribution in [3.63, 3.8) is 0 Å². The zero-order valence-corrected chi connectivity index (χ0v) is 43.9. The number of para-hydroxylation sites is 6. The Bertz CT molecular complexity index is 3560. The van der Waals surface area contributed by atoms with E-state index in [9.17, 15) is 0 Å². The summed E-state index contributed by atoms with van der Waals surface area (Å²) in [5, 5.41) is 6.15. The molecule has 0 aliphatic rings. The summed E-state index contributed by atoms with van der Waals surface area (Å²) < 4.78 is 10.9. The minimum absolute atomic E-state index is 0. The minimum atomic E-state index is -1.44. The minimum Gasteiger partial charge on any atom is -0.501 e. The Balaban J connectivity index is 0.000000180. The first-order valence-corrected chi connectivity index (χ1v) is 27.3. The van der Waals surface area contributed by atoms with Crippen LogP contribution in [-0.4, -0.2) is 27.2 Å². The Hall–Kier alpha value is -6.37. The van der Waals surface area contributed by atoms with Gasteiger partial charge in [0.15, 0.2) is 0 Å². The third kappa shape index (κ3) is 8.57. The van der Waals surface area contributed by atoms with Gasteiger partial charge in [0.1, 0.15) is 5.58 Å². The van der Waals surface area contributed by atoms with Crippen molar-refractivity contribution in [3.05, 3.63) is 187 Å². The summed E-state index contributed by atoms with van der Waals surface area (Å²) in [5.74, 6) is 2.28. The summed E-state index contributed by atoms with van der Waals surface area (Å²) in [5.41, 5.74) is 15.6. The predicted molar refractivity (Wildman–Crippen MR) is 285 cm³/mol. The molecule has 0 saturated carbocycles. The van der Waals surface area contributed by atoms with E-state index in [2.05, 4.69) is 222 Å². The Morgan fingerprint density at radius 3 is 1.99 bits per heavy atom. The van der Waals surface area contributed by atoms with E-state index in [4.69, 9.17) is 14.4 Å². The van der Waals surface area contributed by atoms with Crippen LogP contribution in [0.5, 0.6) is 0 Å². The number of imidazole rings is 1. The number of furan rings is 1. The molecule has 11 rings (SSSR count). The van der Waals surface area contributed by atoms with Crippen molar-refractivity contribution in [3.8, 4) is 34.0 Å². The van der Waals surface area contributed by atoms with Crippen molar-refractivity contribution < 1.29 is 24.5 Å². The van der Waals surface area contributed by atoms with Crippen LogP contribution in [0.25, 0.3) is 88.8 Å². The molecule has 0 bridgehead atoms. The van der Waals surface area contributed by atoms with Crippen LogP contribution in [0.4, 0.5) is 0 Å². The maximum atomic E-state index is 6.19. The molecule has 4 aromatic heterocycles. The number of benzene rings is 7. The molecule has 0 aliphatic carbocycles. The van der Waals surface area contributed by atoms with Crippen LogP contribution < -0.4 is 5.19 Å². The number of nitrogens with zero attached hydrogens (tertiary/aromatic N) is 4. The molecule has 1 radical (unpaired) electrons. The van der Waals surface area contributed by atoms with Crippen LogP contribution >= 0.6 is 0 Å². The molecular weight excluding hydrogens is 1030 g/mol. The van der Waals surface area contributed by atoms with Gasteiger partial charge in [-0.1, -0.05) is 174 Å². The summed E-state index contributed by atoms with van der Waals surface area (Å²) in [7, 11) is -1.44. The largest absolute Gasteiger partial charge is 0.501 e. The fraction of sp³-hybridized carbons (Fsp3) is 0.213. The van der Waals surface area contributed by atoms with Gasteiger partial charge in [-0.05, 0) is 93.5 Å². The Morgan fingerprint density at radius 2 is 1.28 bits per heavy atom. The standard InChI is InChI=1S/C37H32N3.C24H26NOSi.Ir/c1-24(2)28-16-12-17-29(25(3)4)36(28)40-35-20-11-9-18-32(35)38-37(40)26-21-22-34-31(23-26)30-15-8-10-19-33(30)39(34)27-13-6-5-7-14-27;1-16(2)13-17-14-21(25-15-23(17)27(3,4)5)20-11-8-10-19-18-9-6-7-12-22(18)26-24(19)20;/h5-20,22-25H,1-4H3;6-10,12,14-16H,13H2,1-5H3;/q2*-1;. The van der Waals surface area contributed by atoms with Gasteiger partial charge in [0, 0.05) is 48.6 Å². The van der Waals surface area contributed by atoms with E-state index in [-0.39, 0.29) is 20.1 Å². The normalized spacial score (nSPS) is 11.9. The second-order valence-corrected chi connectivity index (χ2v) is 25.0. The second-order valence-electron chi connectivity index (χ2n) is 20.0. The van der Waals surface area contributed by atoms with Gasteiger partial charge in [-0.15, -0.1) is 42.0 Å². The maximum absolute atomic E-state index is 6.19. The quantitative estimate of drug-likeness (QED) is 0.107. The van der Waals surface area contributed by atoms with Gasteiger partial charge < -0.3 is 18.5 Å². The molecule has 0 fully saturated rings. The van der Waals surface area contributed by atoms with Crippen LogP contribution in [0, 0.1) is 18.1 Å². The van der Waals surface area contributed by atoms with E-state index in [1.54, 1.807) is 0 Å². The Kier molecular flexibility index (Phi) is 13.0. The molecule has 68 heavy (non-hydrogen) atoms. The zero-order valence-electron chi connectivity index (χ0n) is 40.5. The SMILES string of the molecule is CC(C)Cc1cc(-c2[c-]ccc3c2oc2ccccc23)ncc1[Si](C)(C)C.CC(C)c1cccc(C(C)C)c1-n1c(-c2[c-]cc3c(c2)c2ccccc2n3-c2ccccc2)nc2ccccc21.[Ir]. The average Bonchev–Trinajstić information content (AvgIpc) is 4.01. The zero-order chi connectivity index (χ0) is 46.6.